The molecule has 1 aromatic rings. The first kappa shape index (κ1) is 21.9. The fourth-order valence-corrected chi connectivity index (χ4v) is 6.18. The lowest BCUT2D eigenvalue weighted by Crippen LogP contribution is -2.56. The van der Waals surface area contributed by atoms with Crippen LogP contribution in [0.3, 0.4) is 0 Å². The third kappa shape index (κ3) is 3.58. The quantitative estimate of drug-likeness (QED) is 0.659. The van der Waals surface area contributed by atoms with Crippen LogP contribution in [0.2, 0.25) is 0 Å². The maximum absolute atomic E-state index is 13.3. The van der Waals surface area contributed by atoms with E-state index in [-0.39, 0.29) is 41.9 Å². The zero-order chi connectivity index (χ0) is 23.3. The zero-order valence-electron chi connectivity index (χ0n) is 18.9. The van der Waals surface area contributed by atoms with Crippen LogP contribution in [-0.4, -0.2) is 83.3 Å². The Hall–Kier alpha value is -2.96. The number of hydrogen-bond donors (Lipinski definition) is 2. The number of piperazine rings is 1. The summed E-state index contributed by atoms with van der Waals surface area (Å²) in [7, 11) is 1.62. The summed E-state index contributed by atoms with van der Waals surface area (Å²) in [5.74, 6) is -0.188. The van der Waals surface area contributed by atoms with Gasteiger partial charge in [-0.1, -0.05) is 6.07 Å². The molecule has 5 rings (SSSR count). The monoisotopic (exact) mass is 450 g/mol. The molecule has 0 radical (unpaired) electrons. The van der Waals surface area contributed by atoms with E-state index in [0.717, 1.165) is 36.8 Å². The molecule has 1 aliphatic carbocycles. The summed E-state index contributed by atoms with van der Waals surface area (Å²) in [5, 5.41) is 11.9. The first-order chi connectivity index (χ1) is 15.9. The van der Waals surface area contributed by atoms with E-state index in [9.17, 15) is 19.6 Å². The molecule has 0 spiro atoms. The minimum Gasteiger partial charge on any atom is -0.355 e. The molecule has 3 saturated heterocycles. The molecule has 3 N–H and O–H groups in total. The molecule has 3 heterocycles. The molecule has 3 aliphatic heterocycles. The number of benzene rings is 1. The van der Waals surface area contributed by atoms with Gasteiger partial charge in [0.1, 0.15) is 6.04 Å². The number of rotatable bonds is 5. The molecule has 9 heteroatoms. The number of amides is 3. The summed E-state index contributed by atoms with van der Waals surface area (Å²) in [6.45, 7) is 1.62. The van der Waals surface area contributed by atoms with Crippen LogP contribution in [0.25, 0.3) is 0 Å². The third-order valence-corrected chi connectivity index (χ3v) is 7.76. The van der Waals surface area contributed by atoms with Crippen molar-refractivity contribution in [3.8, 4) is 6.07 Å². The molecule has 4 aliphatic rings. The molecular formula is C24H30N6O3. The van der Waals surface area contributed by atoms with Crippen molar-refractivity contribution >= 4 is 17.7 Å². The standard InChI is InChI=1S/C24H30N6O3/c1-27-22(31)15-4-6-18-14(9-15)5-7-20(18)30-17-10-21(24(30)33)28(12-17)13-19(26)23(32)29-8-2-3-16(29)11-25/h4,6,9,16-17,19-21H,2-3,5,7-8,10,12-13,26H2,1H3,(H,27,31)/t16?,17?,19?,20-,21-/m0/s1. The first-order valence-corrected chi connectivity index (χ1v) is 11.8. The largest absolute Gasteiger partial charge is 0.355 e. The number of nitrogens with one attached hydrogen (secondary N) is 1. The molecular weight excluding hydrogens is 420 g/mol. The lowest BCUT2D eigenvalue weighted by atomic mass is 10.0. The summed E-state index contributed by atoms with van der Waals surface area (Å²) < 4.78 is 0. The van der Waals surface area contributed by atoms with E-state index >= 15 is 0 Å². The molecule has 3 unspecified atom stereocenters. The SMILES string of the molecule is CNC(=O)c1ccc2c(c1)CC[C@@H]2N1C(=O)[C@@H]2CC1CN2CC(N)C(=O)N1CCCC1C#N. The number of hydrogen-bond acceptors (Lipinski definition) is 6. The van der Waals surface area contributed by atoms with Gasteiger partial charge in [-0.25, -0.2) is 0 Å². The number of nitriles is 1. The van der Waals surface area contributed by atoms with Gasteiger partial charge < -0.3 is 20.9 Å². The summed E-state index contributed by atoms with van der Waals surface area (Å²) in [5.41, 5.74) is 9.16. The maximum atomic E-state index is 13.3. The second-order valence-corrected chi connectivity index (χ2v) is 9.58. The molecule has 33 heavy (non-hydrogen) atoms. The number of carbonyl (C=O) groups excluding carboxylic acids is 3. The van der Waals surface area contributed by atoms with Crippen molar-refractivity contribution in [3.63, 3.8) is 0 Å². The molecule has 3 amide bonds. The number of likely N-dealkylation sites (tertiary alicyclic amines) is 3. The van der Waals surface area contributed by atoms with Crippen molar-refractivity contribution in [2.24, 2.45) is 5.73 Å². The Labute approximate surface area is 193 Å². The van der Waals surface area contributed by atoms with Gasteiger partial charge in [0, 0.05) is 38.3 Å². The van der Waals surface area contributed by atoms with Crippen molar-refractivity contribution in [3.05, 3.63) is 34.9 Å². The Morgan fingerprint density at radius 1 is 1.30 bits per heavy atom. The maximum Gasteiger partial charge on any atom is 0.251 e. The van der Waals surface area contributed by atoms with Crippen LogP contribution >= 0.6 is 0 Å². The second kappa shape index (κ2) is 8.43. The zero-order valence-corrected chi connectivity index (χ0v) is 18.9. The number of aryl methyl sites for hydroxylation is 1. The fourth-order valence-electron chi connectivity index (χ4n) is 6.18. The minimum absolute atomic E-state index is 0.0414. The molecule has 3 fully saturated rings. The third-order valence-electron chi connectivity index (χ3n) is 7.76. The molecule has 2 bridgehead atoms. The van der Waals surface area contributed by atoms with E-state index in [0.29, 0.717) is 31.6 Å². The Balaban J connectivity index is 1.25. The predicted octanol–water partition coefficient (Wildman–Crippen LogP) is 0.160. The highest BCUT2D eigenvalue weighted by Gasteiger charge is 2.53. The first-order valence-electron chi connectivity index (χ1n) is 11.8. The van der Waals surface area contributed by atoms with Crippen molar-refractivity contribution in [2.75, 3.05) is 26.7 Å². The molecule has 174 valence electrons. The van der Waals surface area contributed by atoms with Crippen molar-refractivity contribution in [1.29, 1.82) is 5.26 Å². The van der Waals surface area contributed by atoms with Gasteiger partial charge in [-0.2, -0.15) is 5.26 Å². The molecule has 0 saturated carbocycles. The highest BCUT2D eigenvalue weighted by atomic mass is 16.2. The summed E-state index contributed by atoms with van der Waals surface area (Å²) in [4.78, 5) is 43.8. The summed E-state index contributed by atoms with van der Waals surface area (Å²) >= 11 is 0. The smallest absolute Gasteiger partial charge is 0.251 e. The number of fused-ring (bicyclic) bond motifs is 3. The van der Waals surface area contributed by atoms with Crippen molar-refractivity contribution < 1.29 is 14.4 Å². The van der Waals surface area contributed by atoms with Gasteiger partial charge in [0.25, 0.3) is 5.91 Å². The van der Waals surface area contributed by atoms with Crippen LogP contribution in [0, 0.1) is 11.3 Å². The Morgan fingerprint density at radius 3 is 2.85 bits per heavy atom. The molecule has 0 aromatic heterocycles. The number of nitrogens with two attached hydrogens (primary N) is 1. The average Bonchev–Trinajstić information content (AvgIpc) is 3.60. The van der Waals surface area contributed by atoms with Crippen molar-refractivity contribution in [2.45, 2.75) is 62.3 Å². The summed E-state index contributed by atoms with van der Waals surface area (Å²) in [6, 6.07) is 6.75. The van der Waals surface area contributed by atoms with Gasteiger partial charge >= 0.3 is 0 Å². The van der Waals surface area contributed by atoms with Crippen LogP contribution in [-0.2, 0) is 16.0 Å². The van der Waals surface area contributed by atoms with Gasteiger partial charge in [-0.15, -0.1) is 0 Å². The van der Waals surface area contributed by atoms with E-state index in [1.807, 2.05) is 28.0 Å². The van der Waals surface area contributed by atoms with Crippen LogP contribution in [0.4, 0.5) is 0 Å². The number of carbonyl (C=O) groups is 3. The van der Waals surface area contributed by atoms with Gasteiger partial charge in [0.15, 0.2) is 0 Å². The molecule has 1 aromatic carbocycles. The van der Waals surface area contributed by atoms with Crippen molar-refractivity contribution in [1.82, 2.24) is 20.0 Å². The normalized spacial score (nSPS) is 29.3. The van der Waals surface area contributed by atoms with Crippen LogP contribution in [0.5, 0.6) is 0 Å². The fraction of sp³-hybridized carbons (Fsp3) is 0.583. The Bertz CT molecular complexity index is 1040. The van der Waals surface area contributed by atoms with Crippen LogP contribution < -0.4 is 11.1 Å². The highest BCUT2D eigenvalue weighted by Crippen LogP contribution is 2.44. The van der Waals surface area contributed by atoms with Gasteiger partial charge in [-0.05, 0) is 55.4 Å². The average molecular weight is 451 g/mol. The summed E-state index contributed by atoms with van der Waals surface area (Å²) in [6.07, 6.45) is 4.00. The molecule has 9 nitrogen and oxygen atoms in total. The minimum atomic E-state index is -0.727. The molecule has 5 atom stereocenters. The van der Waals surface area contributed by atoms with E-state index in [1.165, 1.54) is 0 Å². The van der Waals surface area contributed by atoms with Gasteiger partial charge in [0.05, 0.1) is 24.2 Å². The second-order valence-electron chi connectivity index (χ2n) is 9.58. The lowest BCUT2D eigenvalue weighted by Gasteiger charge is -2.38. The van der Waals surface area contributed by atoms with E-state index in [2.05, 4.69) is 11.4 Å². The number of nitrogens with zero attached hydrogens (tertiary/aromatic N) is 4. The van der Waals surface area contributed by atoms with Gasteiger partial charge in [0.2, 0.25) is 11.8 Å². The Morgan fingerprint density at radius 2 is 2.12 bits per heavy atom. The van der Waals surface area contributed by atoms with E-state index < -0.39 is 6.04 Å². The lowest BCUT2D eigenvalue weighted by molar-refractivity contribution is -0.141. The highest BCUT2D eigenvalue weighted by molar-refractivity contribution is 5.94. The topological polar surface area (TPSA) is 123 Å². The van der Waals surface area contributed by atoms with Crippen LogP contribution in [0.1, 0.15) is 53.2 Å². The predicted molar refractivity (Wildman–Crippen MR) is 120 cm³/mol. The Kier molecular flexibility index (Phi) is 5.59. The van der Waals surface area contributed by atoms with E-state index in [4.69, 9.17) is 5.73 Å². The van der Waals surface area contributed by atoms with E-state index in [1.54, 1.807) is 11.9 Å². The van der Waals surface area contributed by atoms with Gasteiger partial charge in [-0.3, -0.25) is 19.3 Å². The van der Waals surface area contributed by atoms with Crippen LogP contribution in [0.15, 0.2) is 18.2 Å².